The second kappa shape index (κ2) is 36.2. The van der Waals surface area contributed by atoms with Crippen LogP contribution < -0.4 is 10.6 Å². The van der Waals surface area contributed by atoms with Gasteiger partial charge in [-0.3, -0.25) is 0 Å². The van der Waals surface area contributed by atoms with Gasteiger partial charge in [0, 0.05) is 25.9 Å². The number of aliphatic hydroxyl groups excluding tert-OH is 4. The molecule has 0 saturated carbocycles. The van der Waals surface area contributed by atoms with Gasteiger partial charge in [-0.15, -0.1) is 5.10 Å². The second-order valence-corrected chi connectivity index (χ2v) is 14.4. The molecule has 5 atom stereocenters. The summed E-state index contributed by atoms with van der Waals surface area (Å²) in [7, 11) is 0. The molecule has 334 valence electrons. The van der Waals surface area contributed by atoms with Crippen molar-refractivity contribution in [3.63, 3.8) is 0 Å². The van der Waals surface area contributed by atoms with E-state index in [0.29, 0.717) is 104 Å². The molecular weight excluding hydrogens is 763 g/mol. The van der Waals surface area contributed by atoms with Crippen molar-refractivity contribution < 1.29 is 58.3 Å². The van der Waals surface area contributed by atoms with Crippen LogP contribution in [-0.4, -0.2) is 177 Å². The lowest BCUT2D eigenvalue weighted by Gasteiger charge is -2.39. The highest BCUT2D eigenvalue weighted by Crippen LogP contribution is 2.22. The number of nitrogens with one attached hydrogen (secondary N) is 2. The molecule has 0 spiro atoms. The van der Waals surface area contributed by atoms with Crippen LogP contribution in [0.3, 0.4) is 0 Å². The quantitative estimate of drug-likeness (QED) is 0.0413. The van der Waals surface area contributed by atoms with E-state index in [9.17, 15) is 20.4 Å². The SMILES string of the molecule is CCCCCCCCCCc1cn(CCOCCOCCOCCOCCOCCOCCNC(=S)NCCCCCCO[C@H]2O[C@H](CO)[C@@H](O)[C@H](O)[C@@H]2O)nn1. The van der Waals surface area contributed by atoms with Gasteiger partial charge in [-0.25, -0.2) is 4.68 Å². The minimum atomic E-state index is -1.43. The van der Waals surface area contributed by atoms with Crippen molar-refractivity contribution >= 4 is 17.3 Å². The zero-order valence-electron chi connectivity index (χ0n) is 34.5. The van der Waals surface area contributed by atoms with Crippen LogP contribution in [-0.2, 0) is 50.9 Å². The van der Waals surface area contributed by atoms with Crippen molar-refractivity contribution in [2.24, 2.45) is 0 Å². The highest BCUT2D eigenvalue weighted by atomic mass is 32.1. The monoisotopic (exact) mass is 838 g/mol. The number of thiocarbonyl (C=S) groups is 1. The lowest BCUT2D eigenvalue weighted by Crippen LogP contribution is -2.59. The zero-order valence-corrected chi connectivity index (χ0v) is 35.3. The Hall–Kier alpha value is -1.65. The van der Waals surface area contributed by atoms with Gasteiger partial charge in [0.25, 0.3) is 0 Å². The largest absolute Gasteiger partial charge is 0.394 e. The second-order valence-electron chi connectivity index (χ2n) is 14.0. The fourth-order valence-corrected chi connectivity index (χ4v) is 6.05. The molecule has 6 N–H and O–H groups in total. The Bertz CT molecular complexity index is 1070. The molecule has 2 rings (SSSR count). The maximum atomic E-state index is 10.00. The zero-order chi connectivity index (χ0) is 41.0. The first-order valence-electron chi connectivity index (χ1n) is 21.3. The van der Waals surface area contributed by atoms with Crippen LogP contribution >= 0.6 is 12.2 Å². The lowest BCUT2D eigenvalue weighted by atomic mass is 9.99. The van der Waals surface area contributed by atoms with E-state index in [1.54, 1.807) is 0 Å². The Morgan fingerprint density at radius 3 is 1.79 bits per heavy atom. The van der Waals surface area contributed by atoms with E-state index in [1.165, 1.54) is 51.4 Å². The molecular formula is C39H75N5O12S. The molecule has 0 bridgehead atoms. The van der Waals surface area contributed by atoms with E-state index in [4.69, 9.17) is 50.1 Å². The third-order valence-electron chi connectivity index (χ3n) is 9.22. The van der Waals surface area contributed by atoms with Crippen LogP contribution in [0.15, 0.2) is 6.20 Å². The third-order valence-corrected chi connectivity index (χ3v) is 9.51. The average Bonchev–Trinajstić information content (AvgIpc) is 3.67. The third kappa shape index (κ3) is 26.9. The summed E-state index contributed by atoms with van der Waals surface area (Å²) in [5, 5.41) is 54.2. The van der Waals surface area contributed by atoms with Crippen molar-refractivity contribution in [3.8, 4) is 0 Å². The Labute approximate surface area is 345 Å². The Balaban J connectivity index is 1.22. The van der Waals surface area contributed by atoms with Gasteiger partial charge in [-0.1, -0.05) is 69.9 Å². The highest BCUT2D eigenvalue weighted by Gasteiger charge is 2.43. The highest BCUT2D eigenvalue weighted by molar-refractivity contribution is 7.80. The fourth-order valence-electron chi connectivity index (χ4n) is 5.85. The molecule has 0 amide bonds. The molecule has 18 heteroatoms. The Morgan fingerprint density at radius 1 is 0.649 bits per heavy atom. The lowest BCUT2D eigenvalue weighted by molar-refractivity contribution is -0.301. The van der Waals surface area contributed by atoms with E-state index in [-0.39, 0.29) is 0 Å². The predicted molar refractivity (Wildman–Crippen MR) is 218 cm³/mol. The van der Waals surface area contributed by atoms with E-state index in [2.05, 4.69) is 27.9 Å². The summed E-state index contributed by atoms with van der Waals surface area (Å²) in [6.07, 6.45) is 10.8. The van der Waals surface area contributed by atoms with Crippen LogP contribution in [0.4, 0.5) is 0 Å². The molecule has 1 saturated heterocycles. The van der Waals surface area contributed by atoms with Crippen LogP contribution in [0.2, 0.25) is 0 Å². The van der Waals surface area contributed by atoms with Crippen molar-refractivity contribution in [1.82, 2.24) is 25.6 Å². The van der Waals surface area contributed by atoms with Crippen molar-refractivity contribution in [1.29, 1.82) is 0 Å². The molecule has 1 aliphatic heterocycles. The van der Waals surface area contributed by atoms with Gasteiger partial charge in [0.2, 0.25) is 0 Å². The van der Waals surface area contributed by atoms with Crippen molar-refractivity contribution in [2.75, 3.05) is 106 Å². The van der Waals surface area contributed by atoms with Crippen LogP contribution in [0, 0.1) is 0 Å². The van der Waals surface area contributed by atoms with Crippen LogP contribution in [0.5, 0.6) is 0 Å². The van der Waals surface area contributed by atoms with Crippen molar-refractivity contribution in [3.05, 3.63) is 11.9 Å². The van der Waals surface area contributed by atoms with Gasteiger partial charge >= 0.3 is 0 Å². The summed E-state index contributed by atoms with van der Waals surface area (Å²) in [6, 6.07) is 0. The molecule has 0 aliphatic carbocycles. The number of nitrogens with zero attached hydrogens (tertiary/aromatic N) is 3. The van der Waals surface area contributed by atoms with Crippen LogP contribution in [0.1, 0.15) is 89.7 Å². The molecule has 1 aromatic heterocycles. The summed E-state index contributed by atoms with van der Waals surface area (Å²) >= 11 is 5.30. The van der Waals surface area contributed by atoms with E-state index in [0.717, 1.165) is 44.3 Å². The predicted octanol–water partition coefficient (Wildman–Crippen LogP) is 1.90. The Kier molecular flexibility index (Phi) is 32.7. The number of aryl methyl sites for hydroxylation is 1. The summed E-state index contributed by atoms with van der Waals surface area (Å²) in [6.45, 7) is 10.2. The summed E-state index contributed by atoms with van der Waals surface area (Å²) in [4.78, 5) is 0. The summed E-state index contributed by atoms with van der Waals surface area (Å²) < 4.78 is 46.1. The minimum Gasteiger partial charge on any atom is -0.394 e. The Morgan fingerprint density at radius 2 is 1.18 bits per heavy atom. The minimum absolute atomic E-state index is 0.327. The van der Waals surface area contributed by atoms with Gasteiger partial charge in [0.15, 0.2) is 11.4 Å². The molecule has 0 unspecified atom stereocenters. The van der Waals surface area contributed by atoms with E-state index in [1.807, 2.05) is 10.9 Å². The van der Waals surface area contributed by atoms with Crippen LogP contribution in [0.25, 0.3) is 0 Å². The number of aromatic nitrogens is 3. The number of ether oxygens (including phenoxy) is 8. The van der Waals surface area contributed by atoms with Gasteiger partial charge in [0.1, 0.15) is 24.4 Å². The average molecular weight is 838 g/mol. The number of hydrogen-bond donors (Lipinski definition) is 6. The van der Waals surface area contributed by atoms with Gasteiger partial charge in [-0.05, 0) is 37.9 Å². The van der Waals surface area contributed by atoms with E-state index >= 15 is 0 Å². The first kappa shape index (κ1) is 51.5. The normalized spacial score (nSPS) is 19.6. The number of hydrogen-bond acceptors (Lipinski definition) is 15. The molecule has 2 heterocycles. The topological polar surface area (TPSA) is 210 Å². The summed E-state index contributed by atoms with van der Waals surface area (Å²) in [5.74, 6) is 0. The van der Waals surface area contributed by atoms with Crippen molar-refractivity contribution in [2.45, 2.75) is 128 Å². The molecule has 1 aromatic rings. The van der Waals surface area contributed by atoms with E-state index < -0.39 is 37.3 Å². The molecule has 57 heavy (non-hydrogen) atoms. The van der Waals surface area contributed by atoms with Gasteiger partial charge in [-0.2, -0.15) is 0 Å². The maximum Gasteiger partial charge on any atom is 0.186 e. The first-order chi connectivity index (χ1) is 28.0. The fraction of sp³-hybridized carbons (Fsp3) is 0.923. The number of rotatable bonds is 39. The molecule has 0 aromatic carbocycles. The van der Waals surface area contributed by atoms with Gasteiger partial charge in [0.05, 0.1) is 98.1 Å². The number of aliphatic hydroxyl groups is 4. The number of unbranched alkanes of at least 4 members (excludes halogenated alkanes) is 10. The maximum absolute atomic E-state index is 10.00. The smallest absolute Gasteiger partial charge is 0.186 e. The molecule has 17 nitrogen and oxygen atoms in total. The standard InChI is InChI=1S/C39H75N5O12S/c1-2-3-4-5-6-7-8-11-14-33-31-44(43-42-33)17-20-50-22-24-52-26-28-54-30-29-53-27-25-51-23-21-49-19-16-41-39(57)40-15-12-9-10-13-18-55-38-37(48)36(47)35(46)34(32-45)56-38/h31,34-38,45-48H,2-30,32H2,1H3,(H2,40,41,57)/t34-,35-,36+,37+,38+/m1/s1. The molecule has 1 aliphatic rings. The first-order valence-corrected chi connectivity index (χ1v) is 21.7. The molecule has 0 radical (unpaired) electrons. The summed E-state index contributed by atoms with van der Waals surface area (Å²) in [5.41, 5.74) is 1.06. The molecule has 1 fully saturated rings. The van der Waals surface area contributed by atoms with Gasteiger partial charge < -0.3 is 69.0 Å².